The van der Waals surface area contributed by atoms with Gasteiger partial charge in [-0.25, -0.2) is 4.89 Å². The van der Waals surface area contributed by atoms with Crippen LogP contribution in [0.15, 0.2) is 23.8 Å². The quantitative estimate of drug-likeness (QED) is 0.333. The van der Waals surface area contributed by atoms with E-state index in [0.29, 0.717) is 18.4 Å². The molecule has 2 aliphatic rings. The first kappa shape index (κ1) is 15.2. The monoisotopic (exact) mass is 282 g/mol. The van der Waals surface area contributed by atoms with Crippen molar-refractivity contribution in [2.24, 2.45) is 11.8 Å². The second kappa shape index (κ2) is 6.08. The van der Waals surface area contributed by atoms with E-state index in [9.17, 15) is 9.90 Å². The summed E-state index contributed by atoms with van der Waals surface area (Å²) in [6.07, 6.45) is 1.89. The Kier molecular flexibility index (Phi) is 4.62. The summed E-state index contributed by atoms with van der Waals surface area (Å²) >= 11 is 0. The highest BCUT2D eigenvalue weighted by Crippen LogP contribution is 2.36. The summed E-state index contributed by atoms with van der Waals surface area (Å²) in [6.45, 7) is 7.60. The number of aliphatic hydroxyl groups is 1. The van der Waals surface area contributed by atoms with Gasteiger partial charge >= 0.3 is 5.97 Å². The number of esters is 1. The largest absolute Gasteiger partial charge is 0.457 e. The van der Waals surface area contributed by atoms with E-state index in [4.69, 9.17) is 9.99 Å². The van der Waals surface area contributed by atoms with Crippen molar-refractivity contribution in [1.82, 2.24) is 0 Å². The predicted molar refractivity (Wildman–Crippen MR) is 72.8 cm³/mol. The predicted octanol–water partition coefficient (Wildman–Crippen LogP) is 2.07. The second-order valence-corrected chi connectivity index (χ2v) is 5.84. The average molecular weight is 282 g/mol. The van der Waals surface area contributed by atoms with E-state index >= 15 is 0 Å². The van der Waals surface area contributed by atoms with Crippen molar-refractivity contribution in [2.75, 3.05) is 0 Å². The van der Waals surface area contributed by atoms with Crippen LogP contribution < -0.4 is 0 Å². The fourth-order valence-corrected chi connectivity index (χ4v) is 3.05. The van der Waals surface area contributed by atoms with Gasteiger partial charge in [0.25, 0.3) is 0 Å². The van der Waals surface area contributed by atoms with Gasteiger partial charge in [-0.2, -0.15) is 0 Å². The Morgan fingerprint density at radius 1 is 1.50 bits per heavy atom. The van der Waals surface area contributed by atoms with E-state index in [1.165, 1.54) is 0 Å². The standard InChI is InChI=1S/C15H22O5/c1-8-4-5-12(20-18)9(2)7-11(16)14-10(3)15(17)19-13(14)6-8/h6,10-14,16,18H,2,4-5,7H2,1,3H3/b8-6+/t10-,11-,12-,13+,14+/m0/s1. The summed E-state index contributed by atoms with van der Waals surface area (Å²) in [6, 6.07) is 0. The highest BCUT2D eigenvalue weighted by molar-refractivity contribution is 5.75. The van der Waals surface area contributed by atoms with Crippen molar-refractivity contribution in [3.8, 4) is 0 Å². The fourth-order valence-electron chi connectivity index (χ4n) is 3.05. The molecule has 5 heteroatoms. The molecule has 1 saturated heterocycles. The minimum Gasteiger partial charge on any atom is -0.457 e. The average Bonchev–Trinajstić information content (AvgIpc) is 2.64. The molecule has 20 heavy (non-hydrogen) atoms. The topological polar surface area (TPSA) is 76.0 Å². The number of carbonyl (C=O) groups is 1. The molecule has 1 aliphatic carbocycles. The minimum atomic E-state index is -0.742. The van der Waals surface area contributed by atoms with Crippen LogP contribution in [0.1, 0.15) is 33.1 Å². The Balaban J connectivity index is 2.29. The van der Waals surface area contributed by atoms with Crippen molar-refractivity contribution >= 4 is 5.97 Å². The van der Waals surface area contributed by atoms with Gasteiger partial charge in [0, 0.05) is 5.92 Å². The number of carbonyl (C=O) groups excluding carboxylic acids is 1. The van der Waals surface area contributed by atoms with Gasteiger partial charge in [0.1, 0.15) is 12.2 Å². The maximum Gasteiger partial charge on any atom is 0.309 e. The molecule has 0 spiro atoms. The molecule has 2 N–H and O–H groups in total. The number of hydrogen-bond acceptors (Lipinski definition) is 5. The van der Waals surface area contributed by atoms with Crippen LogP contribution in [-0.2, 0) is 14.4 Å². The molecule has 0 aromatic carbocycles. The van der Waals surface area contributed by atoms with Crippen LogP contribution in [0.3, 0.4) is 0 Å². The number of hydrogen-bond donors (Lipinski definition) is 2. The third-order valence-corrected chi connectivity index (χ3v) is 4.33. The zero-order chi connectivity index (χ0) is 14.9. The molecule has 0 aromatic rings. The summed E-state index contributed by atoms with van der Waals surface area (Å²) in [5.41, 5.74) is 1.69. The van der Waals surface area contributed by atoms with E-state index < -0.39 is 12.2 Å². The SMILES string of the molecule is C=C1C[C@H](O)[C@H]2[C@H](C)C(=O)O[C@@H]2/C=C(\C)CC[C@@H]1OO. The van der Waals surface area contributed by atoms with E-state index in [2.05, 4.69) is 11.5 Å². The first-order valence-corrected chi connectivity index (χ1v) is 6.97. The van der Waals surface area contributed by atoms with Crippen LogP contribution in [0.2, 0.25) is 0 Å². The first-order valence-electron chi connectivity index (χ1n) is 6.97. The van der Waals surface area contributed by atoms with Crippen molar-refractivity contribution < 1.29 is 24.8 Å². The van der Waals surface area contributed by atoms with E-state index in [1.807, 2.05) is 13.0 Å². The third-order valence-electron chi connectivity index (χ3n) is 4.33. The van der Waals surface area contributed by atoms with Gasteiger partial charge < -0.3 is 9.84 Å². The summed E-state index contributed by atoms with van der Waals surface area (Å²) in [5.74, 6) is -0.908. The molecule has 0 saturated carbocycles. The van der Waals surface area contributed by atoms with Gasteiger partial charge in [0.05, 0.1) is 12.0 Å². The zero-order valence-corrected chi connectivity index (χ0v) is 11.9. The summed E-state index contributed by atoms with van der Waals surface area (Å²) in [5, 5.41) is 19.4. The minimum absolute atomic E-state index is 0.275. The number of ether oxygens (including phenoxy) is 1. The van der Waals surface area contributed by atoms with Crippen molar-refractivity contribution in [3.63, 3.8) is 0 Å². The number of aliphatic hydroxyl groups excluding tert-OH is 1. The highest BCUT2D eigenvalue weighted by atomic mass is 17.1. The molecule has 0 radical (unpaired) electrons. The molecule has 112 valence electrons. The lowest BCUT2D eigenvalue weighted by atomic mass is 9.81. The Labute approximate surface area is 118 Å². The van der Waals surface area contributed by atoms with Crippen LogP contribution in [-0.4, -0.2) is 34.6 Å². The molecule has 0 amide bonds. The van der Waals surface area contributed by atoms with Crippen LogP contribution >= 0.6 is 0 Å². The maximum absolute atomic E-state index is 11.7. The van der Waals surface area contributed by atoms with Gasteiger partial charge in [-0.1, -0.05) is 19.1 Å². The Morgan fingerprint density at radius 2 is 2.20 bits per heavy atom. The fraction of sp³-hybridized carbons (Fsp3) is 0.667. The zero-order valence-electron chi connectivity index (χ0n) is 11.9. The molecule has 2 rings (SSSR count). The lowest BCUT2D eigenvalue weighted by Gasteiger charge is -2.27. The van der Waals surface area contributed by atoms with Crippen molar-refractivity contribution in [3.05, 3.63) is 23.8 Å². The molecule has 5 atom stereocenters. The van der Waals surface area contributed by atoms with Gasteiger partial charge in [0.2, 0.25) is 0 Å². The normalized spacial score (nSPS) is 41.6. The van der Waals surface area contributed by atoms with E-state index in [1.54, 1.807) is 6.92 Å². The van der Waals surface area contributed by atoms with Crippen LogP contribution in [0.25, 0.3) is 0 Å². The van der Waals surface area contributed by atoms with Crippen LogP contribution in [0.4, 0.5) is 0 Å². The van der Waals surface area contributed by atoms with Crippen molar-refractivity contribution in [2.45, 2.75) is 51.4 Å². The molecular formula is C15H22O5. The van der Waals surface area contributed by atoms with Gasteiger partial charge in [0.15, 0.2) is 0 Å². The van der Waals surface area contributed by atoms with E-state index in [-0.39, 0.29) is 23.9 Å². The lowest BCUT2D eigenvalue weighted by molar-refractivity contribution is -0.270. The summed E-state index contributed by atoms with van der Waals surface area (Å²) < 4.78 is 5.35. The number of allylic oxidation sites excluding steroid dienone is 1. The molecule has 0 aromatic heterocycles. The summed E-state index contributed by atoms with van der Waals surface area (Å²) in [7, 11) is 0. The van der Waals surface area contributed by atoms with Gasteiger partial charge in [-0.15, -0.1) is 0 Å². The maximum atomic E-state index is 11.7. The highest BCUT2D eigenvalue weighted by Gasteiger charge is 2.45. The third kappa shape index (κ3) is 2.95. The molecule has 1 heterocycles. The second-order valence-electron chi connectivity index (χ2n) is 5.84. The summed E-state index contributed by atoms with van der Waals surface area (Å²) in [4.78, 5) is 16.2. The van der Waals surface area contributed by atoms with E-state index in [0.717, 1.165) is 12.0 Å². The number of rotatable bonds is 1. The molecule has 0 unspecified atom stereocenters. The molecular weight excluding hydrogens is 260 g/mol. The lowest BCUT2D eigenvalue weighted by Crippen LogP contribution is -2.33. The van der Waals surface area contributed by atoms with Crippen LogP contribution in [0.5, 0.6) is 0 Å². The Hall–Kier alpha value is -1.17. The molecule has 1 aliphatic heterocycles. The van der Waals surface area contributed by atoms with Crippen LogP contribution in [0, 0.1) is 11.8 Å². The molecule has 1 fully saturated rings. The first-order chi connectivity index (χ1) is 9.43. The van der Waals surface area contributed by atoms with Gasteiger partial charge in [-0.3, -0.25) is 10.1 Å². The van der Waals surface area contributed by atoms with Crippen molar-refractivity contribution in [1.29, 1.82) is 0 Å². The number of fused-ring (bicyclic) bond motifs is 1. The molecule has 0 bridgehead atoms. The Bertz CT molecular complexity index is 428. The Morgan fingerprint density at radius 3 is 2.85 bits per heavy atom. The van der Waals surface area contributed by atoms with Gasteiger partial charge in [-0.05, 0) is 37.8 Å². The molecule has 5 nitrogen and oxygen atoms in total. The smallest absolute Gasteiger partial charge is 0.309 e.